The summed E-state index contributed by atoms with van der Waals surface area (Å²) in [5, 5.41) is 0. The third-order valence-electron chi connectivity index (χ3n) is 4.75. The van der Waals surface area contributed by atoms with Gasteiger partial charge in [-0.1, -0.05) is 18.2 Å². The van der Waals surface area contributed by atoms with Gasteiger partial charge >= 0.3 is 0 Å². The molecule has 0 atom stereocenters. The van der Waals surface area contributed by atoms with Crippen LogP contribution in [0.1, 0.15) is 22.3 Å². The second-order valence-electron chi connectivity index (χ2n) is 6.43. The van der Waals surface area contributed by atoms with E-state index >= 15 is 0 Å². The molecule has 0 saturated carbocycles. The lowest BCUT2D eigenvalue weighted by Gasteiger charge is -2.35. The van der Waals surface area contributed by atoms with E-state index in [-0.39, 0.29) is 17.4 Å². The first-order chi connectivity index (χ1) is 13.1. The van der Waals surface area contributed by atoms with Gasteiger partial charge in [-0.2, -0.15) is 0 Å². The maximum absolute atomic E-state index is 12.5. The highest BCUT2D eigenvalue weighted by Gasteiger charge is 2.24. The lowest BCUT2D eigenvalue weighted by Crippen LogP contribution is -2.50. The van der Waals surface area contributed by atoms with Gasteiger partial charge in [0.05, 0.1) is 12.7 Å². The number of para-hydroxylation sites is 1. The highest BCUT2D eigenvalue weighted by molar-refractivity contribution is 5.94. The Morgan fingerprint density at radius 1 is 1.04 bits per heavy atom. The summed E-state index contributed by atoms with van der Waals surface area (Å²) in [6.45, 7) is 2.00. The van der Waals surface area contributed by atoms with Crippen molar-refractivity contribution in [3.63, 3.8) is 0 Å². The van der Waals surface area contributed by atoms with Crippen molar-refractivity contribution in [1.82, 2.24) is 14.8 Å². The Kier molecular flexibility index (Phi) is 5.90. The molecule has 2 aromatic rings. The van der Waals surface area contributed by atoms with Gasteiger partial charge in [0.2, 0.25) is 11.5 Å². The van der Waals surface area contributed by atoms with Crippen LogP contribution in [0.3, 0.4) is 0 Å². The summed E-state index contributed by atoms with van der Waals surface area (Å²) in [5.74, 6) is 0.742. The molecule has 1 N–H and O–H groups in total. The molecule has 1 fully saturated rings. The average molecular weight is 369 g/mol. The van der Waals surface area contributed by atoms with Crippen molar-refractivity contribution < 1.29 is 14.3 Å². The molecular formula is C20H23N3O4. The molecule has 7 heteroatoms. The number of nitrogens with zero attached hydrogens (tertiary/aromatic N) is 2. The van der Waals surface area contributed by atoms with Crippen LogP contribution >= 0.6 is 0 Å². The molecule has 2 heterocycles. The van der Waals surface area contributed by atoms with Crippen molar-refractivity contribution in [3.05, 3.63) is 64.1 Å². The predicted molar refractivity (Wildman–Crippen MR) is 101 cm³/mol. The van der Waals surface area contributed by atoms with Crippen molar-refractivity contribution in [1.29, 1.82) is 0 Å². The highest BCUT2D eigenvalue weighted by Crippen LogP contribution is 2.19. The molecule has 1 aromatic carbocycles. The minimum absolute atomic E-state index is 0.0806. The fourth-order valence-corrected chi connectivity index (χ4v) is 3.19. The van der Waals surface area contributed by atoms with Gasteiger partial charge in [-0.15, -0.1) is 0 Å². The topological polar surface area (TPSA) is 82.7 Å². The Morgan fingerprint density at radius 3 is 2.41 bits per heavy atom. The fraction of sp³-hybridized carbons (Fsp3) is 0.350. The molecule has 0 unspecified atom stereocenters. The summed E-state index contributed by atoms with van der Waals surface area (Å²) in [7, 11) is 1.62. The number of methoxy groups -OCH3 is 1. The number of hydrogen-bond donors (Lipinski definition) is 1. The monoisotopic (exact) mass is 369 g/mol. The number of amides is 2. The second-order valence-corrected chi connectivity index (χ2v) is 6.43. The molecule has 0 bridgehead atoms. The summed E-state index contributed by atoms with van der Waals surface area (Å²) in [4.78, 5) is 42.1. The van der Waals surface area contributed by atoms with E-state index in [0.717, 1.165) is 11.3 Å². The first-order valence-electron chi connectivity index (χ1n) is 8.96. The maximum Gasteiger partial charge on any atom is 0.255 e. The van der Waals surface area contributed by atoms with E-state index in [0.29, 0.717) is 44.6 Å². The van der Waals surface area contributed by atoms with E-state index in [1.807, 2.05) is 24.3 Å². The van der Waals surface area contributed by atoms with Gasteiger partial charge in [0.25, 0.3) is 5.91 Å². The first-order valence-corrected chi connectivity index (χ1v) is 8.96. The number of piperazine rings is 1. The Hall–Kier alpha value is -3.09. The van der Waals surface area contributed by atoms with Gasteiger partial charge in [-0.05, 0) is 24.1 Å². The van der Waals surface area contributed by atoms with Crippen molar-refractivity contribution in [2.24, 2.45) is 0 Å². The first kappa shape index (κ1) is 18.7. The summed E-state index contributed by atoms with van der Waals surface area (Å²) >= 11 is 0. The summed E-state index contributed by atoms with van der Waals surface area (Å²) in [6.07, 6.45) is 2.46. The summed E-state index contributed by atoms with van der Waals surface area (Å²) in [6, 6.07) is 10.6. The Morgan fingerprint density at radius 2 is 1.74 bits per heavy atom. The lowest BCUT2D eigenvalue weighted by molar-refractivity contribution is -0.132. The fourth-order valence-electron chi connectivity index (χ4n) is 3.19. The van der Waals surface area contributed by atoms with E-state index in [4.69, 9.17) is 4.74 Å². The number of ether oxygens (including phenoxy) is 1. The van der Waals surface area contributed by atoms with Crippen molar-refractivity contribution in [2.45, 2.75) is 12.8 Å². The number of aryl methyl sites for hydroxylation is 1. The van der Waals surface area contributed by atoms with Crippen LogP contribution in [0.4, 0.5) is 0 Å². The van der Waals surface area contributed by atoms with Crippen LogP contribution in [0.25, 0.3) is 0 Å². The molecule has 27 heavy (non-hydrogen) atoms. The van der Waals surface area contributed by atoms with Gasteiger partial charge < -0.3 is 19.5 Å². The molecule has 1 saturated heterocycles. The molecular weight excluding hydrogens is 346 g/mol. The third kappa shape index (κ3) is 4.55. The molecule has 1 aliphatic heterocycles. The largest absolute Gasteiger partial charge is 0.496 e. The van der Waals surface area contributed by atoms with Crippen LogP contribution in [-0.4, -0.2) is 59.9 Å². The molecule has 7 nitrogen and oxygen atoms in total. The normalized spacial score (nSPS) is 14.1. The van der Waals surface area contributed by atoms with Gasteiger partial charge in [-0.25, -0.2) is 0 Å². The van der Waals surface area contributed by atoms with Gasteiger partial charge in [0.1, 0.15) is 5.75 Å². The number of pyridine rings is 1. The molecule has 2 amide bonds. The Labute approximate surface area is 157 Å². The number of benzene rings is 1. The van der Waals surface area contributed by atoms with E-state index in [1.54, 1.807) is 16.9 Å². The van der Waals surface area contributed by atoms with Crippen molar-refractivity contribution in [3.8, 4) is 5.75 Å². The highest BCUT2D eigenvalue weighted by atomic mass is 16.5. The number of nitrogens with one attached hydrogen (secondary N) is 1. The number of aromatic nitrogens is 1. The van der Waals surface area contributed by atoms with Gasteiger partial charge in [0, 0.05) is 44.9 Å². The zero-order chi connectivity index (χ0) is 19.2. The number of carbonyl (C=O) groups excluding carboxylic acids is 2. The molecule has 0 radical (unpaired) electrons. The zero-order valence-corrected chi connectivity index (χ0v) is 15.3. The minimum Gasteiger partial charge on any atom is -0.496 e. The number of aromatic amines is 1. The second kappa shape index (κ2) is 8.53. The standard InChI is InChI=1S/C20H23N3O4/c1-27-17-5-3-2-4-15(17)7-9-19(25)22-10-12-23(13-11-22)20(26)16-6-8-18(24)21-14-16/h2-6,8,14H,7,9-13H2,1H3,(H,21,24). The van der Waals surface area contributed by atoms with Crippen LogP contribution in [0.15, 0.2) is 47.4 Å². The van der Waals surface area contributed by atoms with E-state index in [9.17, 15) is 14.4 Å². The van der Waals surface area contributed by atoms with Crippen LogP contribution < -0.4 is 10.3 Å². The Bertz CT molecular complexity index is 849. The minimum atomic E-state index is -0.239. The van der Waals surface area contributed by atoms with Gasteiger partial charge in [-0.3, -0.25) is 14.4 Å². The summed E-state index contributed by atoms with van der Waals surface area (Å²) < 4.78 is 5.32. The molecule has 142 valence electrons. The number of rotatable bonds is 5. The van der Waals surface area contributed by atoms with Crippen LogP contribution in [-0.2, 0) is 11.2 Å². The Balaban J connectivity index is 1.51. The maximum atomic E-state index is 12.5. The van der Waals surface area contributed by atoms with Gasteiger partial charge in [0.15, 0.2) is 0 Å². The van der Waals surface area contributed by atoms with E-state index in [1.165, 1.54) is 18.3 Å². The smallest absolute Gasteiger partial charge is 0.255 e. The quantitative estimate of drug-likeness (QED) is 0.861. The zero-order valence-electron chi connectivity index (χ0n) is 15.3. The van der Waals surface area contributed by atoms with E-state index < -0.39 is 0 Å². The average Bonchev–Trinajstić information content (AvgIpc) is 2.72. The molecule has 0 spiro atoms. The molecule has 3 rings (SSSR count). The van der Waals surface area contributed by atoms with Crippen molar-refractivity contribution >= 4 is 11.8 Å². The lowest BCUT2D eigenvalue weighted by atomic mass is 10.1. The number of carbonyl (C=O) groups is 2. The number of hydrogen-bond acceptors (Lipinski definition) is 4. The molecule has 1 aromatic heterocycles. The molecule has 1 aliphatic rings. The molecule has 0 aliphatic carbocycles. The third-order valence-corrected chi connectivity index (χ3v) is 4.75. The van der Waals surface area contributed by atoms with Crippen molar-refractivity contribution in [2.75, 3.05) is 33.3 Å². The number of H-pyrrole nitrogens is 1. The SMILES string of the molecule is COc1ccccc1CCC(=O)N1CCN(C(=O)c2ccc(=O)[nH]c2)CC1. The van der Waals surface area contributed by atoms with Crippen LogP contribution in [0.2, 0.25) is 0 Å². The van der Waals surface area contributed by atoms with Crippen LogP contribution in [0.5, 0.6) is 5.75 Å². The summed E-state index contributed by atoms with van der Waals surface area (Å²) in [5.41, 5.74) is 1.22. The van der Waals surface area contributed by atoms with E-state index in [2.05, 4.69) is 4.98 Å². The predicted octanol–water partition coefficient (Wildman–Crippen LogP) is 1.30. The van der Waals surface area contributed by atoms with Crippen LogP contribution in [0, 0.1) is 0 Å².